The number of benzene rings is 2. The standard InChI is InChI=1S/C22H22ClN5O2/c1-15-19(23)26-20(27-21(15)28-11-13-30-14-12-28)16-7-9-18(10-8-16)25-22(29)24-17-5-3-2-4-6-17/h2-10H,11-14H2,1H3,(H2,24,25,29). The van der Waals surface area contributed by atoms with Crippen LogP contribution in [0.4, 0.5) is 22.0 Å². The molecule has 2 N–H and O–H groups in total. The minimum absolute atomic E-state index is 0.307. The number of carbonyl (C=O) groups excluding carboxylic acids is 1. The molecule has 2 heterocycles. The van der Waals surface area contributed by atoms with Crippen LogP contribution < -0.4 is 15.5 Å². The molecule has 4 rings (SSSR count). The lowest BCUT2D eigenvalue weighted by Crippen LogP contribution is -2.37. The third-order valence-electron chi connectivity index (χ3n) is 4.80. The molecule has 1 aliphatic rings. The molecular weight excluding hydrogens is 402 g/mol. The number of hydrogen-bond acceptors (Lipinski definition) is 5. The number of ether oxygens (including phenoxy) is 1. The summed E-state index contributed by atoms with van der Waals surface area (Å²) in [4.78, 5) is 23.5. The zero-order valence-corrected chi connectivity index (χ0v) is 17.3. The summed E-state index contributed by atoms with van der Waals surface area (Å²) in [5, 5.41) is 6.04. The molecule has 1 saturated heterocycles. The van der Waals surface area contributed by atoms with E-state index in [1.54, 1.807) is 0 Å². The predicted molar refractivity (Wildman–Crippen MR) is 119 cm³/mol. The van der Waals surface area contributed by atoms with Crippen LogP contribution in [0.2, 0.25) is 5.15 Å². The molecule has 8 heteroatoms. The van der Waals surface area contributed by atoms with Gasteiger partial charge in [-0.15, -0.1) is 0 Å². The highest BCUT2D eigenvalue weighted by Crippen LogP contribution is 2.28. The number of morpholine rings is 1. The van der Waals surface area contributed by atoms with Gasteiger partial charge in [-0.2, -0.15) is 0 Å². The fourth-order valence-corrected chi connectivity index (χ4v) is 3.37. The van der Waals surface area contributed by atoms with Gasteiger partial charge >= 0.3 is 6.03 Å². The van der Waals surface area contributed by atoms with Gasteiger partial charge in [0.1, 0.15) is 11.0 Å². The molecule has 0 aliphatic carbocycles. The number of rotatable bonds is 4. The molecule has 30 heavy (non-hydrogen) atoms. The maximum Gasteiger partial charge on any atom is 0.323 e. The zero-order valence-electron chi connectivity index (χ0n) is 16.6. The minimum atomic E-state index is -0.307. The number of anilines is 3. The molecule has 2 amide bonds. The van der Waals surface area contributed by atoms with E-state index in [2.05, 4.69) is 20.5 Å². The Bertz CT molecular complexity index is 1020. The summed E-state index contributed by atoms with van der Waals surface area (Å²) in [6, 6.07) is 16.3. The molecule has 154 valence electrons. The highest BCUT2D eigenvalue weighted by atomic mass is 35.5. The van der Waals surface area contributed by atoms with Crippen LogP contribution in [0, 0.1) is 6.92 Å². The first kappa shape index (κ1) is 20.1. The van der Waals surface area contributed by atoms with Crippen LogP contribution in [0.15, 0.2) is 54.6 Å². The molecule has 0 atom stereocenters. The van der Waals surface area contributed by atoms with Crippen molar-refractivity contribution in [3.8, 4) is 11.4 Å². The zero-order chi connectivity index (χ0) is 20.9. The lowest BCUT2D eigenvalue weighted by molar-refractivity contribution is 0.122. The van der Waals surface area contributed by atoms with Crippen molar-refractivity contribution in [2.24, 2.45) is 0 Å². The lowest BCUT2D eigenvalue weighted by atomic mass is 10.2. The average Bonchev–Trinajstić information content (AvgIpc) is 2.77. The maximum atomic E-state index is 12.2. The SMILES string of the molecule is Cc1c(Cl)nc(-c2ccc(NC(=O)Nc3ccccc3)cc2)nc1N1CCOCC1. The van der Waals surface area contributed by atoms with Crippen LogP contribution in [0.25, 0.3) is 11.4 Å². The Morgan fingerprint density at radius 3 is 2.27 bits per heavy atom. The molecule has 1 aliphatic heterocycles. The molecule has 0 saturated carbocycles. The van der Waals surface area contributed by atoms with E-state index in [9.17, 15) is 4.79 Å². The molecule has 0 unspecified atom stereocenters. The first-order valence-corrected chi connectivity index (χ1v) is 10.1. The number of nitrogens with one attached hydrogen (secondary N) is 2. The van der Waals surface area contributed by atoms with Crippen LogP contribution in [-0.2, 0) is 4.74 Å². The van der Waals surface area contributed by atoms with Crippen molar-refractivity contribution in [3.63, 3.8) is 0 Å². The van der Waals surface area contributed by atoms with Crippen molar-refractivity contribution in [2.45, 2.75) is 6.92 Å². The third kappa shape index (κ3) is 4.69. The van der Waals surface area contributed by atoms with Gasteiger partial charge in [0.25, 0.3) is 0 Å². The number of carbonyl (C=O) groups is 1. The van der Waals surface area contributed by atoms with E-state index in [1.807, 2.05) is 61.5 Å². The summed E-state index contributed by atoms with van der Waals surface area (Å²) in [5.74, 6) is 1.38. The van der Waals surface area contributed by atoms with E-state index in [4.69, 9.17) is 21.3 Å². The molecule has 0 bridgehead atoms. The van der Waals surface area contributed by atoms with E-state index < -0.39 is 0 Å². The van der Waals surface area contributed by atoms with Crippen LogP contribution >= 0.6 is 11.6 Å². The van der Waals surface area contributed by atoms with Crippen LogP contribution in [0.5, 0.6) is 0 Å². The van der Waals surface area contributed by atoms with Crippen molar-refractivity contribution in [2.75, 3.05) is 41.8 Å². The first-order valence-electron chi connectivity index (χ1n) is 9.70. The predicted octanol–water partition coefficient (Wildman–Crippen LogP) is 4.59. The van der Waals surface area contributed by atoms with E-state index in [1.165, 1.54) is 0 Å². The van der Waals surface area contributed by atoms with Crippen molar-refractivity contribution >= 4 is 34.8 Å². The molecule has 1 aromatic heterocycles. The van der Waals surface area contributed by atoms with Crippen LogP contribution in [0.1, 0.15) is 5.56 Å². The van der Waals surface area contributed by atoms with Crippen LogP contribution in [0.3, 0.4) is 0 Å². The Morgan fingerprint density at radius 2 is 1.60 bits per heavy atom. The van der Waals surface area contributed by atoms with Gasteiger partial charge in [-0.05, 0) is 43.3 Å². The summed E-state index contributed by atoms with van der Waals surface area (Å²) in [6.07, 6.45) is 0. The second-order valence-electron chi connectivity index (χ2n) is 6.91. The van der Waals surface area contributed by atoms with Crippen LogP contribution in [-0.4, -0.2) is 42.3 Å². The number of nitrogens with zero attached hydrogens (tertiary/aromatic N) is 3. The number of amides is 2. The van der Waals surface area contributed by atoms with E-state index in [0.717, 1.165) is 35.7 Å². The van der Waals surface area contributed by atoms with E-state index >= 15 is 0 Å². The number of aromatic nitrogens is 2. The highest BCUT2D eigenvalue weighted by molar-refractivity contribution is 6.30. The average molecular weight is 424 g/mol. The quantitative estimate of drug-likeness (QED) is 0.600. The lowest BCUT2D eigenvalue weighted by Gasteiger charge is -2.29. The Labute approximate surface area is 180 Å². The summed E-state index contributed by atoms with van der Waals surface area (Å²) < 4.78 is 5.43. The van der Waals surface area contributed by atoms with Crippen molar-refractivity contribution in [3.05, 3.63) is 65.3 Å². The topological polar surface area (TPSA) is 79.4 Å². The molecule has 0 spiro atoms. The second-order valence-corrected chi connectivity index (χ2v) is 7.27. The van der Waals surface area contributed by atoms with Gasteiger partial charge in [0.2, 0.25) is 0 Å². The summed E-state index contributed by atoms with van der Waals surface area (Å²) in [5.41, 5.74) is 3.07. The summed E-state index contributed by atoms with van der Waals surface area (Å²) in [7, 11) is 0. The van der Waals surface area contributed by atoms with Gasteiger partial charge in [-0.3, -0.25) is 0 Å². The first-order chi connectivity index (χ1) is 14.6. The van der Waals surface area contributed by atoms with E-state index in [-0.39, 0.29) is 6.03 Å². The molecule has 7 nitrogen and oxygen atoms in total. The van der Waals surface area contributed by atoms with Gasteiger partial charge in [0.05, 0.1) is 13.2 Å². The maximum absolute atomic E-state index is 12.2. The number of urea groups is 1. The van der Waals surface area contributed by atoms with Gasteiger partial charge in [-0.25, -0.2) is 14.8 Å². The number of hydrogen-bond donors (Lipinski definition) is 2. The summed E-state index contributed by atoms with van der Waals surface area (Å²) in [6.45, 7) is 4.80. The summed E-state index contributed by atoms with van der Waals surface area (Å²) >= 11 is 6.39. The Balaban J connectivity index is 1.49. The number of halogens is 1. The normalized spacial score (nSPS) is 13.7. The monoisotopic (exact) mass is 423 g/mol. The minimum Gasteiger partial charge on any atom is -0.378 e. The van der Waals surface area contributed by atoms with E-state index in [0.29, 0.717) is 29.9 Å². The smallest absolute Gasteiger partial charge is 0.323 e. The third-order valence-corrected chi connectivity index (χ3v) is 5.17. The Hall–Kier alpha value is -3.16. The Kier molecular flexibility index (Phi) is 6.11. The molecule has 1 fully saturated rings. The largest absolute Gasteiger partial charge is 0.378 e. The van der Waals surface area contributed by atoms with Gasteiger partial charge in [0, 0.05) is 35.6 Å². The van der Waals surface area contributed by atoms with Gasteiger partial charge in [-0.1, -0.05) is 29.8 Å². The molecule has 0 radical (unpaired) electrons. The second kappa shape index (κ2) is 9.11. The highest BCUT2D eigenvalue weighted by Gasteiger charge is 2.19. The van der Waals surface area contributed by atoms with Crippen molar-refractivity contribution in [1.82, 2.24) is 9.97 Å². The number of para-hydroxylation sites is 1. The molecular formula is C22H22ClN5O2. The Morgan fingerprint density at radius 1 is 0.967 bits per heavy atom. The van der Waals surface area contributed by atoms with Crippen molar-refractivity contribution in [1.29, 1.82) is 0 Å². The fourth-order valence-electron chi connectivity index (χ4n) is 3.21. The molecule has 3 aromatic rings. The van der Waals surface area contributed by atoms with Crippen molar-refractivity contribution < 1.29 is 9.53 Å². The van der Waals surface area contributed by atoms with Gasteiger partial charge < -0.3 is 20.3 Å². The fraction of sp³-hybridized carbons (Fsp3) is 0.227. The molecule has 2 aromatic carbocycles. The van der Waals surface area contributed by atoms with Gasteiger partial charge in [0.15, 0.2) is 5.82 Å².